The fraction of sp³-hybridized carbons (Fsp3) is 0.375. The van der Waals surface area contributed by atoms with Crippen LogP contribution in [0.1, 0.15) is 40.7 Å². The molecule has 1 heterocycles. The van der Waals surface area contributed by atoms with Crippen LogP contribution >= 0.6 is 0 Å². The molecule has 0 aliphatic heterocycles. The summed E-state index contributed by atoms with van der Waals surface area (Å²) in [5.41, 5.74) is 6.74. The van der Waals surface area contributed by atoms with Crippen LogP contribution in [0, 0.1) is 13.8 Å². The molecule has 0 unspecified atom stereocenters. The number of carbonyl (C=O) groups is 1. The number of fused-ring (bicyclic) bond motifs is 1. The first-order chi connectivity index (χ1) is 9.11. The van der Waals surface area contributed by atoms with E-state index in [1.165, 1.54) is 22.4 Å². The second-order valence-electron chi connectivity index (χ2n) is 5.16. The number of nitrogens with zero attached hydrogens (tertiary/aromatic N) is 2. The number of carbonyl (C=O) groups excluding carboxylic acids is 1. The summed E-state index contributed by atoms with van der Waals surface area (Å²) in [5.74, 6) is 0.277. The molecule has 1 aliphatic carbocycles. The Morgan fingerprint density at radius 1 is 1.26 bits per heavy atom. The molecule has 3 nitrogen and oxygen atoms in total. The van der Waals surface area contributed by atoms with Gasteiger partial charge in [0.05, 0.1) is 5.69 Å². The quantitative estimate of drug-likeness (QED) is 0.824. The molecule has 1 aromatic heterocycles. The number of ketones is 1. The maximum absolute atomic E-state index is 11.7. The van der Waals surface area contributed by atoms with Crippen LogP contribution in [0.25, 0.3) is 11.1 Å². The zero-order chi connectivity index (χ0) is 13.6. The molecular weight excluding hydrogens is 236 g/mol. The maximum Gasteiger partial charge on any atom is 0.163 e. The molecule has 3 heteroatoms. The standard InChI is InChI=1S/C16H18N2O/c1-4-18-11(3)16(10(2)17-18)13-5-7-14-12(9-13)6-8-15(14)19/h5,7,9H,4,6,8H2,1-3H3. The van der Waals surface area contributed by atoms with E-state index in [4.69, 9.17) is 0 Å². The normalized spacial score (nSPS) is 13.9. The molecule has 3 rings (SSSR count). The van der Waals surface area contributed by atoms with E-state index in [1.807, 2.05) is 17.7 Å². The third-order valence-electron chi connectivity index (χ3n) is 4.00. The van der Waals surface area contributed by atoms with Crippen LogP contribution in [0.5, 0.6) is 0 Å². The maximum atomic E-state index is 11.7. The lowest BCUT2D eigenvalue weighted by atomic mass is 9.99. The van der Waals surface area contributed by atoms with Crippen molar-refractivity contribution in [3.63, 3.8) is 0 Å². The summed E-state index contributed by atoms with van der Waals surface area (Å²) < 4.78 is 2.03. The van der Waals surface area contributed by atoms with E-state index in [0.717, 1.165) is 24.2 Å². The van der Waals surface area contributed by atoms with Crippen LogP contribution in [0.4, 0.5) is 0 Å². The minimum absolute atomic E-state index is 0.277. The molecule has 1 aromatic carbocycles. The smallest absolute Gasteiger partial charge is 0.163 e. The van der Waals surface area contributed by atoms with E-state index in [9.17, 15) is 4.79 Å². The third kappa shape index (κ3) is 1.81. The highest BCUT2D eigenvalue weighted by atomic mass is 16.1. The average Bonchev–Trinajstić information content (AvgIpc) is 2.90. The Morgan fingerprint density at radius 2 is 2.05 bits per heavy atom. The molecule has 0 saturated heterocycles. The van der Waals surface area contributed by atoms with Crippen molar-refractivity contribution in [2.75, 3.05) is 0 Å². The van der Waals surface area contributed by atoms with Gasteiger partial charge < -0.3 is 0 Å². The van der Waals surface area contributed by atoms with E-state index in [-0.39, 0.29) is 5.78 Å². The monoisotopic (exact) mass is 254 g/mol. The highest BCUT2D eigenvalue weighted by Gasteiger charge is 2.21. The summed E-state index contributed by atoms with van der Waals surface area (Å²) in [4.78, 5) is 11.7. The fourth-order valence-corrected chi connectivity index (χ4v) is 3.03. The Balaban J connectivity index is 2.13. The zero-order valence-electron chi connectivity index (χ0n) is 11.7. The molecule has 2 aromatic rings. The lowest BCUT2D eigenvalue weighted by Gasteiger charge is -2.06. The van der Waals surface area contributed by atoms with E-state index >= 15 is 0 Å². The van der Waals surface area contributed by atoms with E-state index in [1.54, 1.807) is 0 Å². The first-order valence-electron chi connectivity index (χ1n) is 6.82. The van der Waals surface area contributed by atoms with Gasteiger partial charge in [-0.05, 0) is 38.3 Å². The topological polar surface area (TPSA) is 34.9 Å². The third-order valence-corrected chi connectivity index (χ3v) is 4.00. The average molecular weight is 254 g/mol. The van der Waals surface area contributed by atoms with Crippen molar-refractivity contribution < 1.29 is 4.79 Å². The van der Waals surface area contributed by atoms with Gasteiger partial charge in [0, 0.05) is 29.8 Å². The minimum Gasteiger partial charge on any atom is -0.294 e. The van der Waals surface area contributed by atoms with Crippen molar-refractivity contribution in [2.45, 2.75) is 40.2 Å². The van der Waals surface area contributed by atoms with Crippen molar-refractivity contribution in [3.05, 3.63) is 40.7 Å². The summed E-state index contributed by atoms with van der Waals surface area (Å²) in [5, 5.41) is 4.56. The summed E-state index contributed by atoms with van der Waals surface area (Å²) >= 11 is 0. The molecule has 0 spiro atoms. The largest absolute Gasteiger partial charge is 0.294 e. The van der Waals surface area contributed by atoms with Crippen LogP contribution in [-0.2, 0) is 13.0 Å². The number of hydrogen-bond donors (Lipinski definition) is 0. The van der Waals surface area contributed by atoms with Gasteiger partial charge in [0.2, 0.25) is 0 Å². The Hall–Kier alpha value is -1.90. The van der Waals surface area contributed by atoms with Crippen molar-refractivity contribution in [3.8, 4) is 11.1 Å². The summed E-state index contributed by atoms with van der Waals surface area (Å²) in [6.45, 7) is 7.14. The second kappa shape index (κ2) is 4.34. The van der Waals surface area contributed by atoms with E-state index < -0.39 is 0 Å². The van der Waals surface area contributed by atoms with E-state index in [2.05, 4.69) is 31.1 Å². The SMILES string of the molecule is CCn1nc(C)c(-c2ccc3c(c2)CCC3=O)c1C. The lowest BCUT2D eigenvalue weighted by Crippen LogP contribution is -1.98. The van der Waals surface area contributed by atoms with Crippen LogP contribution in [0.2, 0.25) is 0 Å². The summed E-state index contributed by atoms with van der Waals surface area (Å²) in [6.07, 6.45) is 1.53. The number of hydrogen-bond acceptors (Lipinski definition) is 2. The molecule has 1 aliphatic rings. The molecule has 0 bridgehead atoms. The molecule has 0 saturated carbocycles. The van der Waals surface area contributed by atoms with Gasteiger partial charge in [0.15, 0.2) is 5.78 Å². The second-order valence-corrected chi connectivity index (χ2v) is 5.16. The fourth-order valence-electron chi connectivity index (χ4n) is 3.03. The van der Waals surface area contributed by atoms with Gasteiger partial charge in [0.1, 0.15) is 0 Å². The molecular formula is C16H18N2O. The Labute approximate surface area is 113 Å². The Bertz CT molecular complexity index is 668. The van der Waals surface area contributed by atoms with Gasteiger partial charge in [-0.2, -0.15) is 5.10 Å². The van der Waals surface area contributed by atoms with Crippen LogP contribution in [0.3, 0.4) is 0 Å². The highest BCUT2D eigenvalue weighted by molar-refractivity contribution is 6.01. The summed E-state index contributed by atoms with van der Waals surface area (Å²) in [6, 6.07) is 6.19. The molecule has 19 heavy (non-hydrogen) atoms. The first-order valence-corrected chi connectivity index (χ1v) is 6.82. The predicted molar refractivity (Wildman–Crippen MR) is 75.5 cm³/mol. The Kier molecular flexibility index (Phi) is 2.77. The van der Waals surface area contributed by atoms with Crippen LogP contribution in [-0.4, -0.2) is 15.6 Å². The molecule has 0 atom stereocenters. The number of aryl methyl sites for hydroxylation is 3. The van der Waals surface area contributed by atoms with Gasteiger partial charge >= 0.3 is 0 Å². The van der Waals surface area contributed by atoms with Crippen LogP contribution < -0.4 is 0 Å². The van der Waals surface area contributed by atoms with Crippen molar-refractivity contribution in [1.29, 1.82) is 0 Å². The number of rotatable bonds is 2. The van der Waals surface area contributed by atoms with Crippen molar-refractivity contribution in [1.82, 2.24) is 9.78 Å². The highest BCUT2D eigenvalue weighted by Crippen LogP contribution is 2.31. The van der Waals surface area contributed by atoms with Crippen LogP contribution in [0.15, 0.2) is 18.2 Å². The number of Topliss-reactive ketones (excluding diaryl/α,β-unsaturated/α-hetero) is 1. The number of aromatic nitrogens is 2. The van der Waals surface area contributed by atoms with Gasteiger partial charge in [-0.15, -0.1) is 0 Å². The van der Waals surface area contributed by atoms with Crippen molar-refractivity contribution >= 4 is 5.78 Å². The molecule has 0 amide bonds. The molecule has 98 valence electrons. The summed E-state index contributed by atoms with van der Waals surface area (Å²) in [7, 11) is 0. The predicted octanol–water partition coefficient (Wildman–Crippen LogP) is 3.32. The van der Waals surface area contributed by atoms with E-state index in [0.29, 0.717) is 6.42 Å². The van der Waals surface area contributed by atoms with Crippen molar-refractivity contribution in [2.24, 2.45) is 0 Å². The lowest BCUT2D eigenvalue weighted by molar-refractivity contribution is 0.0994. The minimum atomic E-state index is 0.277. The number of benzene rings is 1. The molecule has 0 N–H and O–H groups in total. The van der Waals surface area contributed by atoms with Gasteiger partial charge in [-0.25, -0.2) is 0 Å². The van der Waals surface area contributed by atoms with Gasteiger partial charge in [0.25, 0.3) is 0 Å². The van der Waals surface area contributed by atoms with Gasteiger partial charge in [-0.3, -0.25) is 9.48 Å². The zero-order valence-corrected chi connectivity index (χ0v) is 11.7. The molecule has 0 radical (unpaired) electrons. The van der Waals surface area contributed by atoms with Gasteiger partial charge in [-0.1, -0.05) is 18.2 Å². The molecule has 0 fully saturated rings. The Morgan fingerprint density at radius 3 is 2.74 bits per heavy atom. The first kappa shape index (κ1) is 12.2.